The van der Waals surface area contributed by atoms with Gasteiger partial charge >= 0.3 is 0 Å². The molecule has 5 rings (SSSR count). The summed E-state index contributed by atoms with van der Waals surface area (Å²) in [5.41, 5.74) is 11.3. The number of likely N-dealkylation sites (tertiary alicyclic amines) is 1. The predicted octanol–water partition coefficient (Wildman–Crippen LogP) is 3.88. The summed E-state index contributed by atoms with van der Waals surface area (Å²) in [7, 11) is 3.88. The lowest BCUT2D eigenvalue weighted by Crippen LogP contribution is -2.35. The van der Waals surface area contributed by atoms with E-state index in [0.717, 1.165) is 71.2 Å². The van der Waals surface area contributed by atoms with Crippen molar-refractivity contribution in [2.45, 2.75) is 25.5 Å². The number of hydrogen-bond donors (Lipinski definition) is 2. The standard InChI is InChI=1S/C28H32N8O/c1-30-17-22(15-29)21-5-3-20(4-6-21)16-31-27-14-25(33-19-34-27)26-18-32-28-13-24(9-12-36(26)28)37-23-7-10-35(2)11-8-23/h3-6,9,12-15,17-19,23H,7-8,10-11,16,29H2,1-2H3,(H,31,33,34). The van der Waals surface area contributed by atoms with E-state index in [2.05, 4.69) is 49.3 Å². The molecule has 0 aliphatic carbocycles. The molecule has 9 nitrogen and oxygen atoms in total. The Morgan fingerprint density at radius 2 is 1.95 bits per heavy atom. The number of pyridine rings is 1. The third-order valence-electron chi connectivity index (χ3n) is 6.59. The number of allylic oxidation sites excluding steroid dienone is 1. The lowest BCUT2D eigenvalue weighted by Gasteiger charge is -2.29. The minimum Gasteiger partial charge on any atom is -0.490 e. The zero-order valence-corrected chi connectivity index (χ0v) is 21.2. The Labute approximate surface area is 216 Å². The summed E-state index contributed by atoms with van der Waals surface area (Å²) in [6.07, 6.45) is 11.0. The predicted molar refractivity (Wildman–Crippen MR) is 148 cm³/mol. The minimum atomic E-state index is 0.254. The number of fused-ring (bicyclic) bond motifs is 1. The molecule has 0 amide bonds. The molecule has 37 heavy (non-hydrogen) atoms. The van der Waals surface area contributed by atoms with Crippen molar-refractivity contribution in [3.63, 3.8) is 0 Å². The van der Waals surface area contributed by atoms with Crippen molar-refractivity contribution in [1.82, 2.24) is 24.3 Å². The van der Waals surface area contributed by atoms with Crippen LogP contribution >= 0.6 is 0 Å². The first kappa shape index (κ1) is 24.5. The Morgan fingerprint density at radius 1 is 1.14 bits per heavy atom. The molecular formula is C28H32N8O. The number of nitrogens with zero attached hydrogens (tertiary/aromatic N) is 6. The second-order valence-corrected chi connectivity index (χ2v) is 9.20. The number of aromatic nitrogens is 4. The molecule has 1 fully saturated rings. The quantitative estimate of drug-likeness (QED) is 0.357. The van der Waals surface area contributed by atoms with Gasteiger partial charge in [0.1, 0.15) is 29.6 Å². The normalized spacial score (nSPS) is 15.5. The Morgan fingerprint density at radius 3 is 2.70 bits per heavy atom. The number of ether oxygens (including phenoxy) is 1. The van der Waals surface area contributed by atoms with E-state index in [1.807, 2.05) is 47.1 Å². The average Bonchev–Trinajstić information content (AvgIpc) is 3.36. The molecule has 1 aliphatic heterocycles. The van der Waals surface area contributed by atoms with Crippen molar-refractivity contribution in [3.8, 4) is 17.1 Å². The van der Waals surface area contributed by atoms with Crippen molar-refractivity contribution >= 4 is 23.3 Å². The smallest absolute Gasteiger partial charge is 0.140 e. The summed E-state index contributed by atoms with van der Waals surface area (Å²) in [6.45, 7) is 2.76. The average molecular weight is 497 g/mol. The lowest BCUT2D eigenvalue weighted by molar-refractivity contribution is 0.114. The van der Waals surface area contributed by atoms with E-state index in [1.165, 1.54) is 0 Å². The van der Waals surface area contributed by atoms with Gasteiger partial charge in [0.25, 0.3) is 0 Å². The third-order valence-corrected chi connectivity index (χ3v) is 6.59. The molecule has 0 unspecified atom stereocenters. The summed E-state index contributed by atoms with van der Waals surface area (Å²) < 4.78 is 8.25. The van der Waals surface area contributed by atoms with Gasteiger partial charge in [-0.15, -0.1) is 0 Å². The van der Waals surface area contributed by atoms with Crippen molar-refractivity contribution in [3.05, 3.63) is 78.5 Å². The second kappa shape index (κ2) is 11.2. The summed E-state index contributed by atoms with van der Waals surface area (Å²) in [4.78, 5) is 19.9. The molecule has 0 bridgehead atoms. The molecule has 0 spiro atoms. The van der Waals surface area contributed by atoms with Gasteiger partial charge in [0.2, 0.25) is 0 Å². The minimum absolute atomic E-state index is 0.254. The highest BCUT2D eigenvalue weighted by molar-refractivity contribution is 6.09. The van der Waals surface area contributed by atoms with E-state index in [9.17, 15) is 0 Å². The number of aliphatic imine (C=N–C) groups is 1. The van der Waals surface area contributed by atoms with Crippen LogP contribution < -0.4 is 15.8 Å². The Bertz CT molecular complexity index is 1400. The van der Waals surface area contributed by atoms with Crippen LogP contribution in [0.4, 0.5) is 5.82 Å². The summed E-state index contributed by atoms with van der Waals surface area (Å²) in [5, 5.41) is 3.39. The summed E-state index contributed by atoms with van der Waals surface area (Å²) >= 11 is 0. The number of imidazole rings is 1. The molecule has 4 aromatic rings. The van der Waals surface area contributed by atoms with E-state index in [4.69, 9.17) is 10.5 Å². The fraction of sp³-hybridized carbons (Fsp3) is 0.286. The van der Waals surface area contributed by atoms with Gasteiger partial charge in [-0.05, 0) is 37.1 Å². The van der Waals surface area contributed by atoms with Gasteiger partial charge in [-0.25, -0.2) is 15.0 Å². The molecule has 4 heterocycles. The van der Waals surface area contributed by atoms with E-state index in [-0.39, 0.29) is 6.10 Å². The van der Waals surface area contributed by atoms with Gasteiger partial charge in [-0.1, -0.05) is 24.3 Å². The summed E-state index contributed by atoms with van der Waals surface area (Å²) in [6, 6.07) is 14.1. The van der Waals surface area contributed by atoms with Crippen molar-refractivity contribution in [1.29, 1.82) is 0 Å². The Kier molecular flexibility index (Phi) is 7.41. The first-order valence-electron chi connectivity index (χ1n) is 12.4. The first-order valence-corrected chi connectivity index (χ1v) is 12.4. The lowest BCUT2D eigenvalue weighted by atomic mass is 10.1. The van der Waals surface area contributed by atoms with Crippen LogP contribution in [0.3, 0.4) is 0 Å². The molecular weight excluding hydrogens is 464 g/mol. The van der Waals surface area contributed by atoms with Gasteiger partial charge in [0.15, 0.2) is 0 Å². The van der Waals surface area contributed by atoms with Gasteiger partial charge in [0.05, 0.1) is 17.6 Å². The number of nitrogens with one attached hydrogen (secondary N) is 1. The number of hydrogen-bond acceptors (Lipinski definition) is 8. The summed E-state index contributed by atoms with van der Waals surface area (Å²) in [5.74, 6) is 1.60. The molecule has 9 heteroatoms. The molecule has 0 atom stereocenters. The Balaban J connectivity index is 1.26. The van der Waals surface area contributed by atoms with Gasteiger partial charge in [0, 0.05) is 63.0 Å². The van der Waals surface area contributed by atoms with E-state index in [1.54, 1.807) is 25.8 Å². The molecule has 0 saturated carbocycles. The highest BCUT2D eigenvalue weighted by Crippen LogP contribution is 2.25. The molecule has 190 valence electrons. The first-order chi connectivity index (χ1) is 18.1. The molecule has 0 radical (unpaired) electrons. The van der Waals surface area contributed by atoms with Crippen molar-refractivity contribution in [2.75, 3.05) is 32.5 Å². The molecule has 3 N–H and O–H groups in total. The van der Waals surface area contributed by atoms with Crippen molar-refractivity contribution < 1.29 is 4.74 Å². The van der Waals surface area contributed by atoms with Gasteiger partial charge < -0.3 is 20.7 Å². The number of benzene rings is 1. The molecule has 1 aliphatic rings. The van der Waals surface area contributed by atoms with Crippen LogP contribution in [0.5, 0.6) is 5.75 Å². The van der Waals surface area contributed by atoms with Crippen LogP contribution in [0.15, 0.2) is 72.4 Å². The van der Waals surface area contributed by atoms with E-state index in [0.29, 0.717) is 6.54 Å². The van der Waals surface area contributed by atoms with E-state index < -0.39 is 0 Å². The van der Waals surface area contributed by atoms with Crippen molar-refractivity contribution in [2.24, 2.45) is 10.7 Å². The van der Waals surface area contributed by atoms with E-state index >= 15 is 0 Å². The topological polar surface area (TPSA) is 106 Å². The second-order valence-electron chi connectivity index (χ2n) is 9.20. The number of anilines is 1. The SMILES string of the molecule is CN=CC(=CN)c1ccc(CNc2cc(-c3cnc4cc(OC5CCN(C)CC5)ccn34)ncn2)cc1. The third kappa shape index (κ3) is 5.78. The highest BCUT2D eigenvalue weighted by Gasteiger charge is 2.18. The van der Waals surface area contributed by atoms with Crippen LogP contribution in [0.1, 0.15) is 24.0 Å². The largest absolute Gasteiger partial charge is 0.490 e. The molecule has 1 saturated heterocycles. The Hall–Kier alpha value is -4.24. The van der Waals surface area contributed by atoms with Crippen LogP contribution in [-0.2, 0) is 6.54 Å². The zero-order chi connectivity index (χ0) is 25.6. The number of nitrogens with two attached hydrogens (primary N) is 1. The fourth-order valence-electron chi connectivity index (χ4n) is 4.47. The van der Waals surface area contributed by atoms with Gasteiger partial charge in [-0.3, -0.25) is 9.39 Å². The maximum absolute atomic E-state index is 6.23. The number of rotatable bonds is 8. The van der Waals surface area contributed by atoms with Crippen LogP contribution in [0.2, 0.25) is 0 Å². The molecule has 3 aromatic heterocycles. The fourth-order valence-corrected chi connectivity index (χ4v) is 4.47. The maximum atomic E-state index is 6.23. The van der Waals surface area contributed by atoms with Crippen LogP contribution in [-0.4, -0.2) is 63.8 Å². The van der Waals surface area contributed by atoms with Crippen LogP contribution in [0, 0.1) is 0 Å². The number of piperidine rings is 1. The van der Waals surface area contributed by atoms with Crippen LogP contribution in [0.25, 0.3) is 22.6 Å². The zero-order valence-electron chi connectivity index (χ0n) is 21.2. The molecule has 1 aromatic carbocycles. The van der Waals surface area contributed by atoms with Gasteiger partial charge in [-0.2, -0.15) is 0 Å². The maximum Gasteiger partial charge on any atom is 0.140 e. The monoisotopic (exact) mass is 496 g/mol. The highest BCUT2D eigenvalue weighted by atomic mass is 16.5.